The van der Waals surface area contributed by atoms with Crippen LogP contribution in [0.1, 0.15) is 45.6 Å². The molecule has 1 aromatic heterocycles. The average Bonchev–Trinajstić information content (AvgIpc) is 2.88. The lowest BCUT2D eigenvalue weighted by Crippen LogP contribution is -2.49. The molecule has 1 aromatic rings. The zero-order valence-electron chi connectivity index (χ0n) is 13.5. The fourth-order valence-corrected chi connectivity index (χ4v) is 2.76. The van der Waals surface area contributed by atoms with Gasteiger partial charge in [0.05, 0.1) is 6.20 Å². The molecule has 114 valence electrons. The smallest absolute Gasteiger partial charge is 0.0524 e. The summed E-state index contributed by atoms with van der Waals surface area (Å²) in [6.07, 6.45) is 5.40. The van der Waals surface area contributed by atoms with Crippen molar-refractivity contribution in [1.29, 1.82) is 0 Å². The molecule has 0 amide bonds. The normalized spacial score (nSPS) is 18.3. The van der Waals surface area contributed by atoms with E-state index in [2.05, 4.69) is 53.5 Å². The van der Waals surface area contributed by atoms with E-state index < -0.39 is 0 Å². The second kappa shape index (κ2) is 7.23. The minimum Gasteiger partial charge on any atom is -0.301 e. The van der Waals surface area contributed by atoms with Crippen LogP contribution in [0.2, 0.25) is 0 Å². The maximum absolute atomic E-state index is 4.45. The van der Waals surface area contributed by atoms with Crippen LogP contribution in [0, 0.1) is 0 Å². The highest BCUT2D eigenvalue weighted by atomic mass is 15.3. The number of hydrogen-bond acceptors (Lipinski definition) is 3. The number of hydrogen-bond donors (Lipinski definition) is 0. The highest BCUT2D eigenvalue weighted by molar-refractivity contribution is 5.08. The molecule has 2 heterocycles. The Labute approximate surface area is 123 Å². The molecule has 20 heavy (non-hydrogen) atoms. The molecule has 0 aromatic carbocycles. The Morgan fingerprint density at radius 3 is 2.30 bits per heavy atom. The monoisotopic (exact) mass is 278 g/mol. The number of piperazine rings is 1. The predicted octanol–water partition coefficient (Wildman–Crippen LogP) is 2.42. The van der Waals surface area contributed by atoms with Crippen molar-refractivity contribution in [2.75, 3.05) is 32.7 Å². The van der Waals surface area contributed by atoms with Gasteiger partial charge in [-0.1, -0.05) is 13.8 Å². The molecule has 0 atom stereocenters. The van der Waals surface area contributed by atoms with E-state index in [-0.39, 0.29) is 0 Å². The summed E-state index contributed by atoms with van der Waals surface area (Å²) in [5.41, 5.74) is 1.34. The van der Waals surface area contributed by atoms with Crippen LogP contribution in [0.5, 0.6) is 0 Å². The fraction of sp³-hybridized carbons (Fsp3) is 0.812. The van der Waals surface area contributed by atoms with E-state index in [9.17, 15) is 0 Å². The van der Waals surface area contributed by atoms with Gasteiger partial charge in [0.25, 0.3) is 0 Å². The van der Waals surface area contributed by atoms with Gasteiger partial charge in [-0.25, -0.2) is 0 Å². The second-order valence-corrected chi connectivity index (χ2v) is 6.52. The van der Waals surface area contributed by atoms with E-state index in [1.54, 1.807) is 0 Å². The van der Waals surface area contributed by atoms with Crippen molar-refractivity contribution in [2.24, 2.45) is 0 Å². The van der Waals surface area contributed by atoms with Crippen molar-refractivity contribution in [3.63, 3.8) is 0 Å². The van der Waals surface area contributed by atoms with Crippen LogP contribution in [0.4, 0.5) is 0 Å². The van der Waals surface area contributed by atoms with Crippen molar-refractivity contribution in [3.8, 4) is 0 Å². The zero-order valence-corrected chi connectivity index (χ0v) is 13.5. The predicted molar refractivity (Wildman–Crippen MR) is 84.1 cm³/mol. The molecule has 0 bridgehead atoms. The van der Waals surface area contributed by atoms with Crippen molar-refractivity contribution in [1.82, 2.24) is 19.6 Å². The summed E-state index contributed by atoms with van der Waals surface area (Å²) >= 11 is 0. The van der Waals surface area contributed by atoms with Crippen LogP contribution in [0.15, 0.2) is 12.4 Å². The third kappa shape index (κ3) is 4.32. The molecule has 4 heteroatoms. The topological polar surface area (TPSA) is 24.3 Å². The van der Waals surface area contributed by atoms with Gasteiger partial charge >= 0.3 is 0 Å². The molecule has 1 fully saturated rings. The Bertz CT molecular complexity index is 389. The van der Waals surface area contributed by atoms with Crippen molar-refractivity contribution in [2.45, 2.75) is 52.6 Å². The van der Waals surface area contributed by atoms with E-state index in [0.717, 1.165) is 6.54 Å². The van der Waals surface area contributed by atoms with Crippen LogP contribution in [-0.2, 0) is 6.54 Å². The van der Waals surface area contributed by atoms with Crippen molar-refractivity contribution in [3.05, 3.63) is 18.0 Å². The van der Waals surface area contributed by atoms with Crippen LogP contribution < -0.4 is 0 Å². The van der Waals surface area contributed by atoms with E-state index >= 15 is 0 Å². The molecule has 0 aliphatic carbocycles. The molecule has 4 nitrogen and oxygen atoms in total. The van der Waals surface area contributed by atoms with Crippen LogP contribution in [0.25, 0.3) is 0 Å². The first-order chi connectivity index (χ1) is 9.56. The second-order valence-electron chi connectivity index (χ2n) is 6.52. The summed E-state index contributed by atoms with van der Waals surface area (Å²) in [6.45, 7) is 16.1. The van der Waals surface area contributed by atoms with E-state index in [0.29, 0.717) is 12.0 Å². The molecule has 2 rings (SSSR count). The zero-order chi connectivity index (χ0) is 14.5. The maximum Gasteiger partial charge on any atom is 0.0524 e. The quantitative estimate of drug-likeness (QED) is 0.799. The third-order valence-electron chi connectivity index (χ3n) is 4.32. The van der Waals surface area contributed by atoms with Gasteiger partial charge in [0, 0.05) is 45.0 Å². The molecular weight excluding hydrogens is 248 g/mol. The largest absolute Gasteiger partial charge is 0.301 e. The first kappa shape index (κ1) is 15.5. The van der Waals surface area contributed by atoms with Crippen LogP contribution >= 0.6 is 0 Å². The summed E-state index contributed by atoms with van der Waals surface area (Å²) < 4.78 is 2.10. The standard InChI is InChI=1S/C16H30N4/c1-14(2)16-12-17-20(13-16)7-5-6-18-8-10-19(11-9-18)15(3)4/h12-15H,5-11H2,1-4H3. The molecule has 0 radical (unpaired) electrons. The summed E-state index contributed by atoms with van der Waals surface area (Å²) in [7, 11) is 0. The third-order valence-corrected chi connectivity index (χ3v) is 4.32. The lowest BCUT2D eigenvalue weighted by atomic mass is 10.1. The minimum absolute atomic E-state index is 0.577. The summed E-state index contributed by atoms with van der Waals surface area (Å²) in [6, 6.07) is 0.690. The van der Waals surface area contributed by atoms with Gasteiger partial charge in [0.15, 0.2) is 0 Å². The fourth-order valence-electron chi connectivity index (χ4n) is 2.76. The first-order valence-corrected chi connectivity index (χ1v) is 8.05. The summed E-state index contributed by atoms with van der Waals surface area (Å²) in [5.74, 6) is 0.577. The molecule has 0 saturated carbocycles. The molecular formula is C16H30N4. The van der Waals surface area contributed by atoms with Gasteiger partial charge < -0.3 is 4.90 Å². The summed E-state index contributed by atoms with van der Waals surface area (Å²) in [5, 5.41) is 4.45. The Morgan fingerprint density at radius 1 is 1.05 bits per heavy atom. The lowest BCUT2D eigenvalue weighted by molar-refractivity contribution is 0.107. The van der Waals surface area contributed by atoms with E-state index in [1.807, 2.05) is 6.20 Å². The Kier molecular flexibility index (Phi) is 5.61. The van der Waals surface area contributed by atoms with E-state index in [4.69, 9.17) is 0 Å². The highest BCUT2D eigenvalue weighted by Crippen LogP contribution is 2.12. The van der Waals surface area contributed by atoms with Gasteiger partial charge in [0.2, 0.25) is 0 Å². The molecule has 1 aliphatic heterocycles. The summed E-state index contributed by atoms with van der Waals surface area (Å²) in [4.78, 5) is 5.16. The number of nitrogens with zero attached hydrogens (tertiary/aromatic N) is 4. The highest BCUT2D eigenvalue weighted by Gasteiger charge is 2.18. The van der Waals surface area contributed by atoms with Gasteiger partial charge in [0.1, 0.15) is 0 Å². The van der Waals surface area contributed by atoms with Gasteiger partial charge in [-0.3, -0.25) is 9.58 Å². The molecule has 0 N–H and O–H groups in total. The Balaban J connectivity index is 1.66. The molecule has 0 unspecified atom stereocenters. The number of rotatable bonds is 6. The molecule has 0 spiro atoms. The van der Waals surface area contributed by atoms with Gasteiger partial charge in [-0.05, 0) is 38.3 Å². The molecule has 1 aliphatic rings. The Hall–Kier alpha value is -0.870. The van der Waals surface area contributed by atoms with Crippen LogP contribution in [0.3, 0.4) is 0 Å². The molecule has 1 saturated heterocycles. The van der Waals surface area contributed by atoms with Crippen molar-refractivity contribution < 1.29 is 0 Å². The lowest BCUT2D eigenvalue weighted by Gasteiger charge is -2.36. The number of aryl methyl sites for hydroxylation is 1. The van der Waals surface area contributed by atoms with Gasteiger partial charge in [-0.2, -0.15) is 5.10 Å². The van der Waals surface area contributed by atoms with Crippen LogP contribution in [-0.4, -0.2) is 58.3 Å². The van der Waals surface area contributed by atoms with Crippen molar-refractivity contribution >= 4 is 0 Å². The Morgan fingerprint density at radius 2 is 1.75 bits per heavy atom. The number of aromatic nitrogens is 2. The average molecular weight is 278 g/mol. The maximum atomic E-state index is 4.45. The van der Waals surface area contributed by atoms with Gasteiger partial charge in [-0.15, -0.1) is 0 Å². The SMILES string of the molecule is CC(C)c1cnn(CCCN2CCN(C(C)C)CC2)c1. The minimum atomic E-state index is 0.577. The van der Waals surface area contributed by atoms with E-state index in [1.165, 1.54) is 44.7 Å². The first-order valence-electron chi connectivity index (χ1n) is 8.05.